The Balaban J connectivity index is 2.87. The molecule has 1 aromatic rings. The van der Waals surface area contributed by atoms with Gasteiger partial charge in [0.15, 0.2) is 0 Å². The van der Waals surface area contributed by atoms with E-state index in [0.717, 1.165) is 30.6 Å². The summed E-state index contributed by atoms with van der Waals surface area (Å²) in [5, 5.41) is 4.49. The topological polar surface area (TPSA) is 47.1 Å². The van der Waals surface area contributed by atoms with Crippen LogP contribution in [0.25, 0.3) is 0 Å². The van der Waals surface area contributed by atoms with Crippen molar-refractivity contribution in [1.29, 1.82) is 0 Å². The van der Waals surface area contributed by atoms with E-state index in [4.69, 9.17) is 5.73 Å². The zero-order chi connectivity index (χ0) is 16.0. The quantitative estimate of drug-likeness (QED) is 0.761. The minimum atomic E-state index is 0.288. The van der Waals surface area contributed by atoms with Gasteiger partial charge in [-0.3, -0.25) is 9.58 Å². The lowest BCUT2D eigenvalue weighted by atomic mass is 10.0. The third-order valence-electron chi connectivity index (χ3n) is 4.06. The number of aromatic nitrogens is 2. The highest BCUT2D eigenvalue weighted by Crippen LogP contribution is 2.24. The Morgan fingerprint density at radius 3 is 2.00 bits per heavy atom. The fourth-order valence-electron chi connectivity index (χ4n) is 2.69. The van der Waals surface area contributed by atoms with Crippen LogP contribution in [0, 0.1) is 18.8 Å². The number of nitrogens with zero attached hydrogens (tertiary/aromatic N) is 3. The van der Waals surface area contributed by atoms with Gasteiger partial charge in [-0.1, -0.05) is 27.7 Å². The summed E-state index contributed by atoms with van der Waals surface area (Å²) in [4.78, 5) is 2.56. The molecular weight excluding hydrogens is 260 g/mol. The molecule has 21 heavy (non-hydrogen) atoms. The lowest BCUT2D eigenvalue weighted by molar-refractivity contribution is 0.180. The lowest BCUT2D eigenvalue weighted by Gasteiger charge is -2.32. The average molecular weight is 294 g/mol. The van der Waals surface area contributed by atoms with E-state index in [1.807, 2.05) is 11.7 Å². The zero-order valence-electron chi connectivity index (χ0n) is 14.8. The standard InChI is InChI=1S/C17H34N4/c1-13(2)7-9-21(10-8-14(3)4)17(11-18)16-12-20(6)19-15(16)5/h12-14,17H,7-11,18H2,1-6H3. The molecule has 0 spiro atoms. The summed E-state index contributed by atoms with van der Waals surface area (Å²) in [6.45, 7) is 14.1. The SMILES string of the molecule is Cc1nn(C)cc1C(CN)N(CCC(C)C)CCC(C)C. The van der Waals surface area contributed by atoms with Crippen molar-refractivity contribution in [1.82, 2.24) is 14.7 Å². The maximum Gasteiger partial charge on any atom is 0.0641 e. The molecule has 1 unspecified atom stereocenters. The second-order valence-electron chi connectivity index (χ2n) is 7.00. The minimum Gasteiger partial charge on any atom is -0.329 e. The van der Waals surface area contributed by atoms with Gasteiger partial charge in [-0.2, -0.15) is 5.10 Å². The number of rotatable bonds is 9. The third-order valence-corrected chi connectivity index (χ3v) is 4.06. The summed E-state index contributed by atoms with van der Waals surface area (Å²) in [6.07, 6.45) is 4.56. The van der Waals surface area contributed by atoms with Gasteiger partial charge in [0.2, 0.25) is 0 Å². The van der Waals surface area contributed by atoms with Crippen molar-refractivity contribution >= 4 is 0 Å². The Labute approximate surface area is 130 Å². The van der Waals surface area contributed by atoms with E-state index >= 15 is 0 Å². The zero-order valence-corrected chi connectivity index (χ0v) is 14.8. The van der Waals surface area contributed by atoms with Crippen LogP contribution in [0.15, 0.2) is 6.20 Å². The van der Waals surface area contributed by atoms with Gasteiger partial charge >= 0.3 is 0 Å². The molecule has 0 aromatic carbocycles. The van der Waals surface area contributed by atoms with E-state index in [1.54, 1.807) is 0 Å². The molecule has 122 valence electrons. The van der Waals surface area contributed by atoms with Gasteiger partial charge in [0.05, 0.1) is 11.7 Å². The summed E-state index contributed by atoms with van der Waals surface area (Å²) >= 11 is 0. The van der Waals surface area contributed by atoms with E-state index < -0.39 is 0 Å². The highest BCUT2D eigenvalue weighted by molar-refractivity contribution is 5.20. The Morgan fingerprint density at radius 1 is 1.14 bits per heavy atom. The summed E-state index contributed by atoms with van der Waals surface area (Å²) < 4.78 is 1.90. The molecule has 2 N–H and O–H groups in total. The Kier molecular flexibility index (Phi) is 7.40. The number of nitrogens with two attached hydrogens (primary N) is 1. The molecule has 4 nitrogen and oxygen atoms in total. The predicted molar refractivity (Wildman–Crippen MR) is 90.2 cm³/mol. The first-order valence-electron chi connectivity index (χ1n) is 8.29. The predicted octanol–water partition coefficient (Wildman–Crippen LogP) is 3.12. The van der Waals surface area contributed by atoms with Gasteiger partial charge in [-0.25, -0.2) is 0 Å². The van der Waals surface area contributed by atoms with Crippen molar-refractivity contribution in [2.45, 2.75) is 53.5 Å². The smallest absolute Gasteiger partial charge is 0.0641 e. The van der Waals surface area contributed by atoms with E-state index in [1.165, 1.54) is 18.4 Å². The second-order valence-corrected chi connectivity index (χ2v) is 7.00. The largest absolute Gasteiger partial charge is 0.329 e. The van der Waals surface area contributed by atoms with Crippen molar-refractivity contribution < 1.29 is 0 Å². The van der Waals surface area contributed by atoms with Crippen molar-refractivity contribution in [3.63, 3.8) is 0 Å². The molecule has 0 saturated heterocycles. The normalized spacial score (nSPS) is 13.6. The van der Waals surface area contributed by atoms with Gasteiger partial charge in [-0.15, -0.1) is 0 Å². The molecule has 0 aliphatic heterocycles. The fraction of sp³-hybridized carbons (Fsp3) is 0.824. The van der Waals surface area contributed by atoms with Gasteiger partial charge in [0.1, 0.15) is 0 Å². The van der Waals surface area contributed by atoms with Crippen molar-refractivity contribution in [2.24, 2.45) is 24.6 Å². The highest BCUT2D eigenvalue weighted by atomic mass is 15.3. The number of hydrogen-bond donors (Lipinski definition) is 1. The molecule has 1 atom stereocenters. The first kappa shape index (κ1) is 18.2. The molecule has 0 fully saturated rings. The van der Waals surface area contributed by atoms with Gasteiger partial charge in [-0.05, 0) is 44.7 Å². The van der Waals surface area contributed by atoms with Crippen LogP contribution < -0.4 is 5.73 Å². The Morgan fingerprint density at radius 2 is 1.67 bits per heavy atom. The molecule has 0 amide bonds. The van der Waals surface area contributed by atoms with Crippen LogP contribution in [0.2, 0.25) is 0 Å². The molecule has 1 rings (SSSR count). The highest BCUT2D eigenvalue weighted by Gasteiger charge is 2.22. The summed E-state index contributed by atoms with van der Waals surface area (Å²) in [5.74, 6) is 1.44. The van der Waals surface area contributed by atoms with Crippen LogP contribution in [-0.4, -0.2) is 34.3 Å². The first-order chi connectivity index (χ1) is 9.85. The molecule has 0 bridgehead atoms. The molecule has 0 radical (unpaired) electrons. The third kappa shape index (κ3) is 5.79. The summed E-state index contributed by atoms with van der Waals surface area (Å²) in [5.41, 5.74) is 8.51. The van der Waals surface area contributed by atoms with E-state index in [2.05, 4.69) is 50.8 Å². The van der Waals surface area contributed by atoms with Crippen LogP contribution in [0.3, 0.4) is 0 Å². The van der Waals surface area contributed by atoms with Crippen LogP contribution in [0.4, 0.5) is 0 Å². The second kappa shape index (κ2) is 8.54. The molecule has 4 heteroatoms. The average Bonchev–Trinajstić information content (AvgIpc) is 2.71. The molecular formula is C17H34N4. The first-order valence-corrected chi connectivity index (χ1v) is 8.29. The van der Waals surface area contributed by atoms with Crippen molar-refractivity contribution in [3.05, 3.63) is 17.5 Å². The van der Waals surface area contributed by atoms with E-state index in [9.17, 15) is 0 Å². The monoisotopic (exact) mass is 294 g/mol. The summed E-state index contributed by atoms with van der Waals surface area (Å²) in [6, 6.07) is 0.288. The van der Waals surface area contributed by atoms with Crippen LogP contribution in [0.5, 0.6) is 0 Å². The Bertz CT molecular complexity index is 397. The maximum atomic E-state index is 6.12. The van der Waals surface area contributed by atoms with Crippen molar-refractivity contribution in [2.75, 3.05) is 19.6 Å². The van der Waals surface area contributed by atoms with Crippen LogP contribution >= 0.6 is 0 Å². The van der Waals surface area contributed by atoms with Crippen LogP contribution in [-0.2, 0) is 7.05 Å². The van der Waals surface area contributed by atoms with Gasteiger partial charge in [0, 0.05) is 25.4 Å². The number of hydrogen-bond acceptors (Lipinski definition) is 3. The summed E-state index contributed by atoms with van der Waals surface area (Å²) in [7, 11) is 1.98. The van der Waals surface area contributed by atoms with Crippen molar-refractivity contribution in [3.8, 4) is 0 Å². The van der Waals surface area contributed by atoms with Gasteiger partial charge in [0.25, 0.3) is 0 Å². The van der Waals surface area contributed by atoms with Gasteiger partial charge < -0.3 is 5.73 Å². The minimum absolute atomic E-state index is 0.288. The molecule has 0 aliphatic rings. The Hall–Kier alpha value is -0.870. The van der Waals surface area contributed by atoms with E-state index in [0.29, 0.717) is 6.54 Å². The van der Waals surface area contributed by atoms with E-state index in [-0.39, 0.29) is 6.04 Å². The number of aryl methyl sites for hydroxylation is 2. The van der Waals surface area contributed by atoms with Crippen LogP contribution in [0.1, 0.15) is 57.8 Å². The molecule has 0 aliphatic carbocycles. The lowest BCUT2D eigenvalue weighted by Crippen LogP contribution is -2.36. The molecule has 0 saturated carbocycles. The fourth-order valence-corrected chi connectivity index (χ4v) is 2.69. The molecule has 1 heterocycles. The maximum absolute atomic E-state index is 6.12. The molecule has 1 aromatic heterocycles.